The van der Waals surface area contributed by atoms with E-state index in [9.17, 15) is 0 Å². The molecule has 1 saturated heterocycles. The Morgan fingerprint density at radius 2 is 1.83 bits per heavy atom. The van der Waals surface area contributed by atoms with Crippen LogP contribution in [-0.4, -0.2) is 47.3 Å². The molecule has 1 aromatic carbocycles. The minimum atomic E-state index is -0.0505. The van der Waals surface area contributed by atoms with Crippen LogP contribution in [-0.2, 0) is 5.41 Å². The third-order valence-corrected chi connectivity index (χ3v) is 5.97. The lowest BCUT2D eigenvalue weighted by Crippen LogP contribution is -3.15. The Labute approximate surface area is 184 Å². The van der Waals surface area contributed by atoms with Gasteiger partial charge in [0.25, 0.3) is 0 Å². The number of halogens is 1. The number of hydrogen-bond acceptors (Lipinski definition) is 3. The molecule has 0 saturated carbocycles. The molecule has 0 unspecified atom stereocenters. The first-order valence-corrected chi connectivity index (χ1v) is 11.0. The molecular weight excluding hydrogens is 394 g/mol. The molecule has 6 heteroatoms. The van der Waals surface area contributed by atoms with Crippen LogP contribution < -0.4 is 9.80 Å². The molecule has 1 fully saturated rings. The number of nitrogens with zero attached hydrogens (tertiary/aromatic N) is 4. The van der Waals surface area contributed by atoms with E-state index in [2.05, 4.69) is 45.2 Å². The number of fused-ring (bicyclic) bond motifs is 1. The maximum absolute atomic E-state index is 6.10. The van der Waals surface area contributed by atoms with E-state index in [0.29, 0.717) is 0 Å². The molecule has 0 aliphatic carbocycles. The van der Waals surface area contributed by atoms with Crippen molar-refractivity contribution >= 4 is 23.1 Å². The largest absolute Gasteiger partial charge is 0.345 e. The van der Waals surface area contributed by atoms with Crippen LogP contribution in [0.15, 0.2) is 48.7 Å². The van der Waals surface area contributed by atoms with E-state index in [4.69, 9.17) is 21.7 Å². The van der Waals surface area contributed by atoms with E-state index < -0.39 is 0 Å². The Bertz CT molecular complexity index is 1050. The third kappa shape index (κ3) is 4.23. The zero-order valence-corrected chi connectivity index (χ0v) is 19.1. The van der Waals surface area contributed by atoms with Crippen LogP contribution in [0.3, 0.4) is 0 Å². The maximum atomic E-state index is 6.10. The molecule has 1 aliphatic rings. The standard InChI is InChI=1S/C24H30ClN5/c1-17(2)16-28-10-12-29(13-11-28)22-14-21(24(3,4)5)27-23-20(15-26-30(22)23)18-6-8-19(25)9-7-18/h6-9,14-15H,1,10-13,16H2,2-5H3/p+1. The second kappa shape index (κ2) is 8.05. The van der Waals surface area contributed by atoms with Gasteiger partial charge in [-0.25, -0.2) is 4.98 Å². The van der Waals surface area contributed by atoms with Crippen molar-refractivity contribution in [3.8, 4) is 11.1 Å². The zero-order chi connectivity index (χ0) is 21.5. The smallest absolute Gasteiger partial charge is 0.165 e. The number of anilines is 1. The van der Waals surface area contributed by atoms with Crippen molar-refractivity contribution < 1.29 is 4.90 Å². The number of aromatic nitrogens is 3. The highest BCUT2D eigenvalue weighted by Gasteiger charge is 2.26. The molecule has 3 aromatic rings. The number of quaternary nitrogens is 1. The third-order valence-electron chi connectivity index (χ3n) is 5.72. The van der Waals surface area contributed by atoms with Crippen LogP contribution in [0.1, 0.15) is 33.4 Å². The van der Waals surface area contributed by atoms with Gasteiger partial charge in [-0.3, -0.25) is 0 Å². The van der Waals surface area contributed by atoms with E-state index >= 15 is 0 Å². The highest BCUT2D eigenvalue weighted by Crippen LogP contribution is 2.31. The van der Waals surface area contributed by atoms with Crippen molar-refractivity contribution in [1.29, 1.82) is 0 Å². The summed E-state index contributed by atoms with van der Waals surface area (Å²) in [6, 6.07) is 10.1. The molecule has 0 atom stereocenters. The summed E-state index contributed by atoms with van der Waals surface area (Å²) in [6.07, 6.45) is 1.92. The van der Waals surface area contributed by atoms with Crippen LogP contribution >= 0.6 is 11.6 Å². The Balaban J connectivity index is 1.76. The topological polar surface area (TPSA) is 37.9 Å². The summed E-state index contributed by atoms with van der Waals surface area (Å²) >= 11 is 6.10. The minimum absolute atomic E-state index is 0.0505. The van der Waals surface area contributed by atoms with Gasteiger partial charge in [-0.05, 0) is 30.2 Å². The summed E-state index contributed by atoms with van der Waals surface area (Å²) in [5, 5.41) is 5.47. The second-order valence-corrected chi connectivity index (χ2v) is 9.86. The molecule has 0 bridgehead atoms. The average Bonchev–Trinajstić information content (AvgIpc) is 3.11. The predicted octanol–water partition coefficient (Wildman–Crippen LogP) is 3.63. The molecule has 3 heterocycles. The van der Waals surface area contributed by atoms with Crippen molar-refractivity contribution in [2.24, 2.45) is 0 Å². The van der Waals surface area contributed by atoms with Crippen LogP contribution in [0.5, 0.6) is 0 Å². The average molecular weight is 425 g/mol. The summed E-state index contributed by atoms with van der Waals surface area (Å²) in [5.41, 5.74) is 5.29. The monoisotopic (exact) mass is 424 g/mol. The van der Waals surface area contributed by atoms with E-state index in [1.807, 2.05) is 35.0 Å². The van der Waals surface area contributed by atoms with Crippen LogP contribution in [0, 0.1) is 0 Å². The SMILES string of the molecule is C=C(C)C[NH+]1CCN(c2cc(C(C)(C)C)nc3c(-c4ccc(Cl)cc4)cnn23)CC1. The molecule has 30 heavy (non-hydrogen) atoms. The van der Waals surface area contributed by atoms with Gasteiger partial charge in [-0.2, -0.15) is 9.61 Å². The summed E-state index contributed by atoms with van der Waals surface area (Å²) < 4.78 is 2.00. The number of nitrogens with one attached hydrogen (secondary N) is 1. The Kier molecular flexibility index (Phi) is 5.60. The van der Waals surface area contributed by atoms with Crippen molar-refractivity contribution in [2.45, 2.75) is 33.1 Å². The quantitative estimate of drug-likeness (QED) is 0.650. The second-order valence-electron chi connectivity index (χ2n) is 9.42. The van der Waals surface area contributed by atoms with E-state index in [0.717, 1.165) is 66.0 Å². The molecule has 1 N–H and O–H groups in total. The van der Waals surface area contributed by atoms with Gasteiger partial charge in [0.2, 0.25) is 0 Å². The van der Waals surface area contributed by atoms with Crippen LogP contribution in [0.4, 0.5) is 5.82 Å². The molecule has 2 aromatic heterocycles. The summed E-state index contributed by atoms with van der Waals surface area (Å²) in [4.78, 5) is 9.09. The summed E-state index contributed by atoms with van der Waals surface area (Å²) in [6.45, 7) is 18.1. The van der Waals surface area contributed by atoms with Crippen molar-refractivity contribution in [1.82, 2.24) is 14.6 Å². The predicted molar refractivity (Wildman–Crippen MR) is 125 cm³/mol. The lowest BCUT2D eigenvalue weighted by Gasteiger charge is -2.34. The fourth-order valence-electron chi connectivity index (χ4n) is 4.05. The molecule has 1 aliphatic heterocycles. The van der Waals surface area contributed by atoms with Gasteiger partial charge in [-0.15, -0.1) is 0 Å². The molecular formula is C24H31ClN5+. The van der Waals surface area contributed by atoms with E-state index in [1.54, 1.807) is 4.90 Å². The molecule has 158 valence electrons. The normalized spacial score (nSPS) is 15.7. The zero-order valence-electron chi connectivity index (χ0n) is 18.4. The Morgan fingerprint density at radius 3 is 2.43 bits per heavy atom. The van der Waals surface area contributed by atoms with Crippen molar-refractivity contribution in [3.05, 3.63) is 59.4 Å². The molecule has 4 rings (SSSR count). The molecule has 0 amide bonds. The summed E-state index contributed by atoms with van der Waals surface area (Å²) in [5.74, 6) is 1.12. The number of hydrogen-bond donors (Lipinski definition) is 1. The number of piperazine rings is 1. The lowest BCUT2D eigenvalue weighted by atomic mass is 9.91. The van der Waals surface area contributed by atoms with Crippen LogP contribution in [0.2, 0.25) is 5.02 Å². The molecule has 5 nitrogen and oxygen atoms in total. The van der Waals surface area contributed by atoms with E-state index in [-0.39, 0.29) is 5.41 Å². The first-order valence-electron chi connectivity index (χ1n) is 10.6. The summed E-state index contributed by atoms with van der Waals surface area (Å²) in [7, 11) is 0. The van der Waals surface area contributed by atoms with Crippen molar-refractivity contribution in [3.63, 3.8) is 0 Å². The van der Waals surface area contributed by atoms with Gasteiger partial charge < -0.3 is 9.80 Å². The molecule has 0 spiro atoms. The lowest BCUT2D eigenvalue weighted by molar-refractivity contribution is -0.895. The van der Waals surface area contributed by atoms with Gasteiger partial charge in [0, 0.05) is 22.1 Å². The van der Waals surface area contributed by atoms with Crippen LogP contribution in [0.25, 0.3) is 16.8 Å². The maximum Gasteiger partial charge on any atom is 0.165 e. The number of benzene rings is 1. The van der Waals surface area contributed by atoms with Gasteiger partial charge in [0.15, 0.2) is 5.65 Å². The van der Waals surface area contributed by atoms with Gasteiger partial charge in [0.1, 0.15) is 5.82 Å². The fourth-order valence-corrected chi connectivity index (χ4v) is 4.17. The highest BCUT2D eigenvalue weighted by molar-refractivity contribution is 6.30. The molecule has 0 radical (unpaired) electrons. The van der Waals surface area contributed by atoms with Gasteiger partial charge in [-0.1, -0.05) is 51.1 Å². The first kappa shape index (κ1) is 20.9. The first-order chi connectivity index (χ1) is 14.2. The fraction of sp³-hybridized carbons (Fsp3) is 0.417. The minimum Gasteiger partial charge on any atom is -0.345 e. The Hall–Kier alpha value is -2.37. The van der Waals surface area contributed by atoms with Gasteiger partial charge in [0.05, 0.1) is 44.6 Å². The Morgan fingerprint density at radius 1 is 1.17 bits per heavy atom. The highest BCUT2D eigenvalue weighted by atomic mass is 35.5. The van der Waals surface area contributed by atoms with Crippen molar-refractivity contribution in [2.75, 3.05) is 37.6 Å². The van der Waals surface area contributed by atoms with E-state index in [1.165, 1.54) is 5.57 Å². The van der Waals surface area contributed by atoms with Gasteiger partial charge >= 0.3 is 0 Å². The number of rotatable bonds is 4.